The van der Waals surface area contributed by atoms with Gasteiger partial charge in [-0.1, -0.05) is 19.4 Å². The Balaban J connectivity index is 0.00000338. The standard InChI is InChI=1S/C16H21N5O4.ClH/c1-3-7-16(2,17)15(25)18-8-11(22)19-10-6-4-5-9-12(10)14(24)21-20-13(9)23;/h4-6H,3,7-8,17H2,1-2H3,(H,18,25)(H,19,22)(H,20,23)(H,21,24);1H. The largest absolute Gasteiger partial charge is 0.345 e. The molecular weight excluding hydrogens is 362 g/mol. The topological polar surface area (TPSA) is 150 Å². The van der Waals surface area contributed by atoms with E-state index in [2.05, 4.69) is 20.8 Å². The summed E-state index contributed by atoms with van der Waals surface area (Å²) in [5, 5.41) is 9.65. The molecule has 0 radical (unpaired) electrons. The van der Waals surface area contributed by atoms with Crippen molar-refractivity contribution in [2.45, 2.75) is 32.2 Å². The van der Waals surface area contributed by atoms with Crippen molar-refractivity contribution < 1.29 is 9.59 Å². The average Bonchev–Trinajstić information content (AvgIpc) is 2.56. The molecule has 10 heteroatoms. The molecule has 0 aliphatic carbocycles. The summed E-state index contributed by atoms with van der Waals surface area (Å²) in [6.45, 7) is 3.21. The fourth-order valence-corrected chi connectivity index (χ4v) is 2.52. The fraction of sp³-hybridized carbons (Fsp3) is 0.375. The van der Waals surface area contributed by atoms with Crippen LogP contribution in [0.3, 0.4) is 0 Å². The summed E-state index contributed by atoms with van der Waals surface area (Å²) in [6, 6.07) is 4.52. The van der Waals surface area contributed by atoms with Crippen molar-refractivity contribution >= 4 is 40.7 Å². The van der Waals surface area contributed by atoms with E-state index in [1.54, 1.807) is 13.0 Å². The molecule has 1 heterocycles. The Kier molecular flexibility index (Phi) is 7.10. The van der Waals surface area contributed by atoms with E-state index in [0.717, 1.165) is 6.42 Å². The summed E-state index contributed by atoms with van der Waals surface area (Å²) < 4.78 is 0. The van der Waals surface area contributed by atoms with Crippen LogP contribution in [-0.2, 0) is 9.59 Å². The van der Waals surface area contributed by atoms with Gasteiger partial charge in [-0.3, -0.25) is 29.4 Å². The molecule has 6 N–H and O–H groups in total. The second kappa shape index (κ2) is 8.63. The van der Waals surface area contributed by atoms with Crippen LogP contribution in [0.25, 0.3) is 10.8 Å². The van der Waals surface area contributed by atoms with Gasteiger partial charge in [-0.2, -0.15) is 0 Å². The van der Waals surface area contributed by atoms with Crippen LogP contribution in [0, 0.1) is 0 Å². The van der Waals surface area contributed by atoms with Crippen molar-refractivity contribution in [1.82, 2.24) is 15.5 Å². The molecule has 2 amide bonds. The Bertz CT molecular complexity index is 919. The molecule has 2 rings (SSSR count). The third-order valence-electron chi connectivity index (χ3n) is 3.80. The molecule has 0 bridgehead atoms. The van der Waals surface area contributed by atoms with Gasteiger partial charge in [0.1, 0.15) is 0 Å². The maximum Gasteiger partial charge on any atom is 0.272 e. The average molecular weight is 384 g/mol. The molecule has 1 aromatic heterocycles. The summed E-state index contributed by atoms with van der Waals surface area (Å²) in [6.07, 6.45) is 1.22. The van der Waals surface area contributed by atoms with Crippen molar-refractivity contribution in [2.75, 3.05) is 11.9 Å². The quantitative estimate of drug-likeness (QED) is 0.483. The number of rotatable bonds is 6. The first-order valence-electron chi connectivity index (χ1n) is 7.87. The number of nitrogens with one attached hydrogen (secondary N) is 4. The number of aromatic nitrogens is 2. The van der Waals surface area contributed by atoms with Crippen molar-refractivity contribution in [1.29, 1.82) is 0 Å². The van der Waals surface area contributed by atoms with Gasteiger partial charge in [-0.15, -0.1) is 12.4 Å². The van der Waals surface area contributed by atoms with Gasteiger partial charge < -0.3 is 16.4 Å². The molecule has 26 heavy (non-hydrogen) atoms. The van der Waals surface area contributed by atoms with Gasteiger partial charge in [0.25, 0.3) is 11.1 Å². The number of anilines is 1. The van der Waals surface area contributed by atoms with Gasteiger partial charge in [0.05, 0.1) is 28.5 Å². The van der Waals surface area contributed by atoms with Gasteiger partial charge in [0, 0.05) is 0 Å². The lowest BCUT2D eigenvalue weighted by atomic mass is 9.96. The van der Waals surface area contributed by atoms with Crippen LogP contribution >= 0.6 is 12.4 Å². The van der Waals surface area contributed by atoms with E-state index in [-0.39, 0.29) is 35.4 Å². The Morgan fingerprint density at radius 3 is 2.50 bits per heavy atom. The Labute approximate surface area is 155 Å². The number of hydrogen-bond acceptors (Lipinski definition) is 5. The van der Waals surface area contributed by atoms with Crippen LogP contribution in [0.5, 0.6) is 0 Å². The van der Waals surface area contributed by atoms with Crippen LogP contribution in [0.15, 0.2) is 27.8 Å². The molecule has 0 spiro atoms. The molecule has 1 unspecified atom stereocenters. The number of aromatic amines is 2. The number of hydrogen-bond donors (Lipinski definition) is 5. The third-order valence-corrected chi connectivity index (χ3v) is 3.80. The van der Waals surface area contributed by atoms with E-state index in [1.807, 2.05) is 6.92 Å². The number of nitrogens with two attached hydrogens (primary N) is 1. The zero-order chi connectivity index (χ0) is 18.6. The lowest BCUT2D eigenvalue weighted by Gasteiger charge is -2.22. The van der Waals surface area contributed by atoms with Crippen LogP contribution < -0.4 is 27.5 Å². The first-order chi connectivity index (χ1) is 11.8. The molecule has 142 valence electrons. The van der Waals surface area contributed by atoms with E-state index >= 15 is 0 Å². The zero-order valence-corrected chi connectivity index (χ0v) is 15.3. The number of carbonyl (C=O) groups is 2. The molecule has 9 nitrogen and oxygen atoms in total. The van der Waals surface area contributed by atoms with Crippen LogP contribution in [0.1, 0.15) is 26.7 Å². The normalized spacial score (nSPS) is 12.7. The minimum absolute atomic E-state index is 0. The number of amides is 2. The maximum atomic E-state index is 12.1. The molecule has 0 aliphatic heterocycles. The monoisotopic (exact) mass is 383 g/mol. The highest BCUT2D eigenvalue weighted by molar-refractivity contribution is 6.03. The van der Waals surface area contributed by atoms with Gasteiger partial charge in [0.15, 0.2) is 0 Å². The fourth-order valence-electron chi connectivity index (χ4n) is 2.52. The van der Waals surface area contributed by atoms with Crippen LogP contribution in [0.4, 0.5) is 5.69 Å². The highest BCUT2D eigenvalue weighted by Gasteiger charge is 2.27. The second-order valence-electron chi connectivity index (χ2n) is 6.03. The third kappa shape index (κ3) is 4.70. The molecule has 0 aliphatic rings. The van der Waals surface area contributed by atoms with Crippen LogP contribution in [0.2, 0.25) is 0 Å². The Morgan fingerprint density at radius 2 is 1.85 bits per heavy atom. The van der Waals surface area contributed by atoms with E-state index in [4.69, 9.17) is 5.73 Å². The highest BCUT2D eigenvalue weighted by Crippen LogP contribution is 2.16. The molecule has 2 aromatic rings. The molecular formula is C16H22ClN5O4. The predicted octanol–water partition coefficient (Wildman–Crippen LogP) is 0.210. The van der Waals surface area contributed by atoms with Gasteiger partial charge in [-0.05, 0) is 25.5 Å². The van der Waals surface area contributed by atoms with E-state index in [0.29, 0.717) is 6.42 Å². The first kappa shape index (κ1) is 21.4. The summed E-state index contributed by atoms with van der Waals surface area (Å²) >= 11 is 0. The summed E-state index contributed by atoms with van der Waals surface area (Å²) in [5.74, 6) is -0.968. The summed E-state index contributed by atoms with van der Waals surface area (Å²) in [4.78, 5) is 47.8. The van der Waals surface area contributed by atoms with E-state index in [1.165, 1.54) is 12.1 Å². The number of halogens is 1. The summed E-state index contributed by atoms with van der Waals surface area (Å²) in [5.41, 5.74) is 4.01. The number of H-pyrrole nitrogens is 2. The maximum absolute atomic E-state index is 12.1. The zero-order valence-electron chi connectivity index (χ0n) is 14.5. The van der Waals surface area contributed by atoms with Crippen LogP contribution in [-0.4, -0.2) is 34.1 Å². The number of fused-ring (bicyclic) bond motifs is 1. The minimum Gasteiger partial charge on any atom is -0.345 e. The smallest absolute Gasteiger partial charge is 0.272 e. The van der Waals surface area contributed by atoms with Gasteiger partial charge in [-0.25, -0.2) is 0 Å². The van der Waals surface area contributed by atoms with Crippen molar-refractivity contribution in [3.8, 4) is 0 Å². The van der Waals surface area contributed by atoms with Crippen molar-refractivity contribution in [3.63, 3.8) is 0 Å². The van der Waals surface area contributed by atoms with Crippen molar-refractivity contribution in [3.05, 3.63) is 38.9 Å². The summed E-state index contributed by atoms with van der Waals surface area (Å²) in [7, 11) is 0. The lowest BCUT2D eigenvalue weighted by Crippen LogP contribution is -2.52. The molecule has 0 saturated carbocycles. The molecule has 0 saturated heterocycles. The van der Waals surface area contributed by atoms with E-state index < -0.39 is 28.5 Å². The SMILES string of the molecule is CCCC(C)(N)C(=O)NCC(=O)Nc1cccc2c(=O)[nH][nH]c(=O)c12.Cl. The molecule has 1 atom stereocenters. The minimum atomic E-state index is -1.06. The highest BCUT2D eigenvalue weighted by atomic mass is 35.5. The Morgan fingerprint density at radius 1 is 1.19 bits per heavy atom. The van der Waals surface area contributed by atoms with E-state index in [9.17, 15) is 19.2 Å². The molecule has 1 aromatic carbocycles. The number of benzene rings is 1. The first-order valence-corrected chi connectivity index (χ1v) is 7.87. The second-order valence-corrected chi connectivity index (χ2v) is 6.03. The van der Waals surface area contributed by atoms with Crippen molar-refractivity contribution in [2.24, 2.45) is 5.73 Å². The molecule has 0 fully saturated rings. The Hall–Kier alpha value is -2.65. The predicted molar refractivity (Wildman–Crippen MR) is 102 cm³/mol. The van der Waals surface area contributed by atoms with Gasteiger partial charge in [0.2, 0.25) is 11.8 Å². The lowest BCUT2D eigenvalue weighted by molar-refractivity contribution is -0.128. The number of carbonyl (C=O) groups excluding carboxylic acids is 2. The van der Waals surface area contributed by atoms with Gasteiger partial charge >= 0.3 is 0 Å².